The fourth-order valence-corrected chi connectivity index (χ4v) is 0.769. The summed E-state index contributed by atoms with van der Waals surface area (Å²) in [7, 11) is 0. The van der Waals surface area contributed by atoms with Crippen LogP contribution in [-0.4, -0.2) is 20.2 Å². The van der Waals surface area contributed by atoms with Crippen molar-refractivity contribution in [2.24, 2.45) is 0 Å². The minimum atomic E-state index is -1.90. The summed E-state index contributed by atoms with van der Waals surface area (Å²) in [5.74, 6) is -0.0826. The van der Waals surface area contributed by atoms with Crippen LogP contribution < -0.4 is 0 Å². The first-order valence-corrected chi connectivity index (χ1v) is 3.88. The molecular formula is C5H2Cl3N3O. The van der Waals surface area contributed by atoms with Crippen LogP contribution in [0.15, 0.2) is 12.7 Å². The predicted octanol–water partition coefficient (Wildman–Crippen LogP) is 1.27. The number of hydrogen-bond acceptors (Lipinski definition) is 4. The van der Waals surface area contributed by atoms with Gasteiger partial charge in [0.15, 0.2) is 5.82 Å². The van der Waals surface area contributed by atoms with Crippen LogP contribution in [-0.2, 0) is 9.13 Å². The lowest BCUT2D eigenvalue weighted by atomic mass is 10.4. The molecule has 0 unspecified atom stereocenters. The van der Waals surface area contributed by atoms with Crippen molar-refractivity contribution in [1.29, 1.82) is 0 Å². The molecule has 1 aromatic heterocycles. The van der Waals surface area contributed by atoms with Crippen molar-refractivity contribution in [3.05, 3.63) is 18.5 Å². The zero-order valence-electron chi connectivity index (χ0n) is 5.54. The molecule has 0 aliphatic rings. The van der Waals surface area contributed by atoms with Gasteiger partial charge in [0.1, 0.15) is 12.7 Å². The molecule has 0 N–H and O–H groups in total. The lowest BCUT2D eigenvalue weighted by molar-refractivity contribution is -0.112. The maximum Gasteiger partial charge on any atom is 0.265 e. The molecule has 0 amide bonds. The van der Waals surface area contributed by atoms with E-state index in [0.717, 1.165) is 0 Å². The summed E-state index contributed by atoms with van der Waals surface area (Å²) in [6.45, 7) is 0. The van der Waals surface area contributed by atoms with Crippen molar-refractivity contribution < 1.29 is 4.79 Å². The van der Waals surface area contributed by atoms with Gasteiger partial charge in [-0.3, -0.25) is 4.79 Å². The largest absolute Gasteiger partial charge is 0.277 e. The van der Waals surface area contributed by atoms with Crippen molar-refractivity contribution in [2.45, 2.75) is 4.33 Å². The molecule has 0 aliphatic carbocycles. The molecule has 0 spiro atoms. The van der Waals surface area contributed by atoms with E-state index in [1.165, 1.54) is 12.7 Å². The Balaban J connectivity index is 3.06. The Morgan fingerprint density at radius 3 is 2.25 bits per heavy atom. The summed E-state index contributed by atoms with van der Waals surface area (Å²) < 4.78 is -1.90. The Morgan fingerprint density at radius 1 is 1.33 bits per heavy atom. The summed E-state index contributed by atoms with van der Waals surface area (Å²) in [6, 6.07) is 0. The summed E-state index contributed by atoms with van der Waals surface area (Å²) in [4.78, 5) is 21.4. The molecule has 1 rings (SSSR count). The van der Waals surface area contributed by atoms with Crippen molar-refractivity contribution in [2.75, 3.05) is 0 Å². The van der Waals surface area contributed by atoms with Crippen LogP contribution >= 0.6 is 34.8 Å². The van der Waals surface area contributed by atoms with Gasteiger partial charge in [0, 0.05) is 0 Å². The summed E-state index contributed by atoms with van der Waals surface area (Å²) in [5, 5.41) is -0.947. The number of alkyl halides is 2. The predicted molar refractivity (Wildman–Crippen MR) is 44.1 cm³/mol. The number of nitrogens with zero attached hydrogens (tertiary/aromatic N) is 3. The zero-order chi connectivity index (χ0) is 9.19. The van der Waals surface area contributed by atoms with Crippen LogP contribution in [0.4, 0.5) is 0 Å². The van der Waals surface area contributed by atoms with E-state index in [2.05, 4.69) is 15.0 Å². The molecule has 1 heterocycles. The second-order valence-electron chi connectivity index (χ2n) is 1.81. The fourth-order valence-electron chi connectivity index (χ4n) is 0.489. The molecule has 7 heteroatoms. The molecule has 0 saturated heterocycles. The Morgan fingerprint density at radius 2 is 1.83 bits per heavy atom. The van der Waals surface area contributed by atoms with E-state index in [9.17, 15) is 4.79 Å². The van der Waals surface area contributed by atoms with Crippen molar-refractivity contribution in [3.8, 4) is 0 Å². The second kappa shape index (κ2) is 3.51. The van der Waals surface area contributed by atoms with E-state index >= 15 is 0 Å². The standard InChI is InChI=1S/C5H2Cl3N3O/c6-3(12)5(7,8)4-10-1-9-2-11-4/h1-2H. The Labute approximate surface area is 82.9 Å². The molecule has 0 saturated carbocycles. The molecule has 0 radical (unpaired) electrons. The topological polar surface area (TPSA) is 55.7 Å². The Kier molecular flexibility index (Phi) is 2.82. The third-order valence-corrected chi connectivity index (χ3v) is 2.18. The van der Waals surface area contributed by atoms with Crippen LogP contribution in [0.5, 0.6) is 0 Å². The van der Waals surface area contributed by atoms with E-state index in [4.69, 9.17) is 34.8 Å². The van der Waals surface area contributed by atoms with Gasteiger partial charge in [-0.2, -0.15) is 0 Å². The summed E-state index contributed by atoms with van der Waals surface area (Å²) in [6.07, 6.45) is 2.34. The van der Waals surface area contributed by atoms with E-state index in [1.54, 1.807) is 0 Å². The minimum absolute atomic E-state index is 0.0826. The first kappa shape index (κ1) is 9.64. The average Bonchev–Trinajstić information content (AvgIpc) is 2.06. The van der Waals surface area contributed by atoms with Crippen LogP contribution in [0, 0.1) is 0 Å². The number of hydrogen-bond donors (Lipinski definition) is 0. The van der Waals surface area contributed by atoms with E-state index < -0.39 is 9.58 Å². The lowest BCUT2D eigenvalue weighted by Crippen LogP contribution is -2.21. The number of carbonyl (C=O) groups is 1. The van der Waals surface area contributed by atoms with Gasteiger partial charge >= 0.3 is 0 Å². The van der Waals surface area contributed by atoms with Gasteiger partial charge < -0.3 is 0 Å². The number of halogens is 3. The SMILES string of the molecule is O=C(Cl)C(Cl)(Cl)c1ncncn1. The van der Waals surface area contributed by atoms with Gasteiger partial charge in [0.05, 0.1) is 0 Å². The number of carbonyl (C=O) groups excluding carboxylic acids is 1. The van der Waals surface area contributed by atoms with Gasteiger partial charge in [-0.15, -0.1) is 0 Å². The number of rotatable bonds is 2. The molecule has 64 valence electrons. The highest BCUT2D eigenvalue weighted by Crippen LogP contribution is 2.32. The normalized spacial score (nSPS) is 11.2. The van der Waals surface area contributed by atoms with Gasteiger partial charge in [-0.05, 0) is 11.6 Å². The van der Waals surface area contributed by atoms with Gasteiger partial charge in [0.2, 0.25) is 4.33 Å². The lowest BCUT2D eigenvalue weighted by Gasteiger charge is -2.10. The highest BCUT2D eigenvalue weighted by Gasteiger charge is 2.37. The van der Waals surface area contributed by atoms with Crippen molar-refractivity contribution in [3.63, 3.8) is 0 Å². The highest BCUT2D eigenvalue weighted by molar-refractivity contribution is 6.77. The van der Waals surface area contributed by atoms with E-state index in [-0.39, 0.29) is 5.82 Å². The fraction of sp³-hybridized carbons (Fsp3) is 0.200. The second-order valence-corrected chi connectivity index (χ2v) is 3.48. The van der Waals surface area contributed by atoms with Crippen LogP contribution in [0.3, 0.4) is 0 Å². The molecule has 1 aromatic rings. The van der Waals surface area contributed by atoms with Crippen molar-refractivity contribution >= 4 is 40.0 Å². The molecule has 0 bridgehead atoms. The van der Waals surface area contributed by atoms with Crippen molar-refractivity contribution in [1.82, 2.24) is 15.0 Å². The monoisotopic (exact) mass is 225 g/mol. The highest BCUT2D eigenvalue weighted by atomic mass is 35.5. The smallest absolute Gasteiger partial charge is 0.265 e. The minimum Gasteiger partial charge on any atom is -0.277 e. The number of aromatic nitrogens is 3. The first-order chi connectivity index (χ1) is 5.55. The van der Waals surface area contributed by atoms with Gasteiger partial charge in [0.25, 0.3) is 5.24 Å². The average molecular weight is 226 g/mol. The van der Waals surface area contributed by atoms with E-state index in [0.29, 0.717) is 0 Å². The zero-order valence-corrected chi connectivity index (χ0v) is 7.81. The molecular weight excluding hydrogens is 224 g/mol. The third-order valence-electron chi connectivity index (χ3n) is 1.02. The maximum atomic E-state index is 10.7. The first-order valence-electron chi connectivity index (χ1n) is 2.75. The molecule has 0 aromatic carbocycles. The molecule has 0 atom stereocenters. The summed E-state index contributed by atoms with van der Waals surface area (Å²) in [5.41, 5.74) is 0. The van der Waals surface area contributed by atoms with Crippen LogP contribution in [0.1, 0.15) is 5.82 Å². The molecule has 0 aliphatic heterocycles. The third kappa shape index (κ3) is 1.83. The van der Waals surface area contributed by atoms with Gasteiger partial charge in [-0.25, -0.2) is 15.0 Å². The molecule has 4 nitrogen and oxygen atoms in total. The van der Waals surface area contributed by atoms with Crippen LogP contribution in [0.2, 0.25) is 0 Å². The molecule has 12 heavy (non-hydrogen) atoms. The van der Waals surface area contributed by atoms with Crippen LogP contribution in [0.25, 0.3) is 0 Å². The quantitative estimate of drug-likeness (QED) is 0.563. The molecule has 0 fully saturated rings. The Hall–Kier alpha value is -0.450. The summed E-state index contributed by atoms with van der Waals surface area (Å²) >= 11 is 16.2. The Bertz CT molecular complexity index is 289. The van der Waals surface area contributed by atoms with Gasteiger partial charge in [-0.1, -0.05) is 23.2 Å². The maximum absolute atomic E-state index is 10.7. The van der Waals surface area contributed by atoms with E-state index in [1.807, 2.05) is 0 Å².